The van der Waals surface area contributed by atoms with E-state index in [0.29, 0.717) is 25.9 Å². The molecule has 0 saturated heterocycles. The summed E-state index contributed by atoms with van der Waals surface area (Å²) in [5.74, 6) is -0.371. The molecular formula is C11H13N3O4. The minimum Gasteiger partial charge on any atom is -0.359 e. The van der Waals surface area contributed by atoms with E-state index in [1.54, 1.807) is 0 Å². The summed E-state index contributed by atoms with van der Waals surface area (Å²) in [6.07, 6.45) is 1.18. The summed E-state index contributed by atoms with van der Waals surface area (Å²) >= 11 is 0. The van der Waals surface area contributed by atoms with E-state index < -0.39 is 4.92 Å². The van der Waals surface area contributed by atoms with Gasteiger partial charge < -0.3 is 10.6 Å². The van der Waals surface area contributed by atoms with Crippen LogP contribution in [0.3, 0.4) is 0 Å². The number of nitro groups is 1. The van der Waals surface area contributed by atoms with Crippen LogP contribution in [-0.4, -0.2) is 30.3 Å². The Morgan fingerprint density at radius 2 is 2.17 bits per heavy atom. The lowest BCUT2D eigenvalue weighted by Gasteiger charge is -2.04. The Bertz CT molecular complexity index is 448. The van der Waals surface area contributed by atoms with Crippen molar-refractivity contribution in [2.24, 2.45) is 0 Å². The first-order chi connectivity index (χ1) is 8.65. The molecule has 0 spiro atoms. The number of amides is 2. The Balaban J connectivity index is 2.48. The van der Waals surface area contributed by atoms with Crippen LogP contribution >= 0.6 is 0 Å². The zero-order chi connectivity index (χ0) is 13.4. The van der Waals surface area contributed by atoms with Crippen molar-refractivity contribution in [3.63, 3.8) is 0 Å². The summed E-state index contributed by atoms with van der Waals surface area (Å²) in [4.78, 5) is 31.6. The van der Waals surface area contributed by atoms with Crippen LogP contribution in [-0.2, 0) is 4.79 Å². The largest absolute Gasteiger partial charge is 0.359 e. The van der Waals surface area contributed by atoms with E-state index in [-0.39, 0.29) is 17.2 Å². The number of non-ortho nitro benzene ring substituents is 1. The van der Waals surface area contributed by atoms with Crippen molar-refractivity contribution < 1.29 is 14.5 Å². The quantitative estimate of drug-likeness (QED) is 0.318. The van der Waals surface area contributed by atoms with Crippen molar-refractivity contribution >= 4 is 18.0 Å². The molecule has 7 heteroatoms. The monoisotopic (exact) mass is 251 g/mol. The fourth-order valence-electron chi connectivity index (χ4n) is 1.31. The molecule has 2 N–H and O–H groups in total. The highest BCUT2D eigenvalue weighted by molar-refractivity contribution is 5.94. The molecule has 1 rings (SSSR count). The first kappa shape index (κ1) is 13.6. The van der Waals surface area contributed by atoms with Gasteiger partial charge in [0, 0.05) is 30.8 Å². The average molecular weight is 251 g/mol. The molecule has 0 radical (unpaired) electrons. The molecule has 0 aliphatic carbocycles. The second kappa shape index (κ2) is 7.00. The number of nitro benzene ring substituents is 1. The summed E-state index contributed by atoms with van der Waals surface area (Å²) in [6.45, 7) is 0.862. The van der Waals surface area contributed by atoms with E-state index in [4.69, 9.17) is 0 Å². The Kier molecular flexibility index (Phi) is 5.30. The molecule has 18 heavy (non-hydrogen) atoms. The molecule has 0 unspecified atom stereocenters. The van der Waals surface area contributed by atoms with Crippen molar-refractivity contribution in [3.8, 4) is 0 Å². The Labute approximate surface area is 103 Å². The van der Waals surface area contributed by atoms with E-state index in [1.165, 1.54) is 24.3 Å². The molecule has 0 fully saturated rings. The second-order valence-corrected chi connectivity index (χ2v) is 3.49. The fourth-order valence-corrected chi connectivity index (χ4v) is 1.31. The van der Waals surface area contributed by atoms with Crippen LogP contribution in [0.5, 0.6) is 0 Å². The van der Waals surface area contributed by atoms with Crippen molar-refractivity contribution in [3.05, 3.63) is 39.9 Å². The second-order valence-electron chi connectivity index (χ2n) is 3.49. The smallest absolute Gasteiger partial charge is 0.270 e. The summed E-state index contributed by atoms with van der Waals surface area (Å²) < 4.78 is 0. The molecule has 0 bridgehead atoms. The van der Waals surface area contributed by atoms with Gasteiger partial charge in [0.25, 0.3) is 11.6 Å². The summed E-state index contributed by atoms with van der Waals surface area (Å²) in [5.41, 5.74) is 0.123. The summed E-state index contributed by atoms with van der Waals surface area (Å²) in [5, 5.41) is 15.6. The van der Waals surface area contributed by atoms with Gasteiger partial charge in [-0.25, -0.2) is 0 Å². The lowest BCUT2D eigenvalue weighted by atomic mass is 10.2. The van der Waals surface area contributed by atoms with Gasteiger partial charge in [-0.15, -0.1) is 0 Å². The predicted octanol–water partition coefficient (Wildman–Crippen LogP) is 0.461. The van der Waals surface area contributed by atoms with Crippen molar-refractivity contribution in [2.45, 2.75) is 6.42 Å². The number of hydrogen-bond acceptors (Lipinski definition) is 4. The van der Waals surface area contributed by atoms with E-state index in [9.17, 15) is 19.7 Å². The molecule has 0 saturated carbocycles. The molecule has 0 aliphatic rings. The number of rotatable bonds is 7. The van der Waals surface area contributed by atoms with Crippen LogP contribution < -0.4 is 10.6 Å². The zero-order valence-corrected chi connectivity index (χ0v) is 9.59. The molecule has 0 aliphatic heterocycles. The van der Waals surface area contributed by atoms with Crippen molar-refractivity contribution in [1.82, 2.24) is 10.6 Å². The number of hydrogen-bond donors (Lipinski definition) is 2. The predicted molar refractivity (Wildman–Crippen MR) is 64.1 cm³/mol. The van der Waals surface area contributed by atoms with Crippen molar-refractivity contribution in [2.75, 3.05) is 13.1 Å². The van der Waals surface area contributed by atoms with Crippen LogP contribution in [0.4, 0.5) is 5.69 Å². The maximum atomic E-state index is 11.6. The van der Waals surface area contributed by atoms with Crippen LogP contribution in [0.2, 0.25) is 0 Å². The normalized spacial score (nSPS) is 9.56. The maximum absolute atomic E-state index is 11.6. The minimum atomic E-state index is -0.551. The summed E-state index contributed by atoms with van der Waals surface area (Å²) in [6, 6.07) is 5.51. The van der Waals surface area contributed by atoms with E-state index >= 15 is 0 Å². The Morgan fingerprint density at radius 3 is 2.83 bits per heavy atom. The van der Waals surface area contributed by atoms with Gasteiger partial charge in [-0.05, 0) is 12.5 Å². The van der Waals surface area contributed by atoms with Crippen LogP contribution in [0.1, 0.15) is 16.8 Å². The molecular weight excluding hydrogens is 238 g/mol. The molecule has 0 atom stereocenters. The van der Waals surface area contributed by atoms with E-state index in [0.717, 1.165) is 0 Å². The molecule has 1 aromatic carbocycles. The Morgan fingerprint density at radius 1 is 1.39 bits per heavy atom. The lowest BCUT2D eigenvalue weighted by molar-refractivity contribution is -0.384. The van der Waals surface area contributed by atoms with Gasteiger partial charge in [0.2, 0.25) is 6.41 Å². The highest BCUT2D eigenvalue weighted by Crippen LogP contribution is 2.12. The first-order valence-corrected chi connectivity index (χ1v) is 5.35. The number of carbonyl (C=O) groups excluding carboxylic acids is 2. The van der Waals surface area contributed by atoms with Gasteiger partial charge in [0.05, 0.1) is 4.92 Å². The SMILES string of the molecule is O=CNCCCNC(=O)c1cccc([N+](=O)[O-])c1. The molecule has 7 nitrogen and oxygen atoms in total. The maximum Gasteiger partial charge on any atom is 0.270 e. The zero-order valence-electron chi connectivity index (χ0n) is 9.59. The van der Waals surface area contributed by atoms with Gasteiger partial charge in [-0.1, -0.05) is 6.07 Å². The molecule has 0 heterocycles. The highest BCUT2D eigenvalue weighted by atomic mass is 16.6. The highest BCUT2D eigenvalue weighted by Gasteiger charge is 2.10. The number of carbonyl (C=O) groups is 2. The lowest BCUT2D eigenvalue weighted by Crippen LogP contribution is -2.27. The fraction of sp³-hybridized carbons (Fsp3) is 0.273. The molecule has 1 aromatic rings. The van der Waals surface area contributed by atoms with Crippen molar-refractivity contribution in [1.29, 1.82) is 0 Å². The van der Waals surface area contributed by atoms with E-state index in [1.807, 2.05) is 0 Å². The number of benzene rings is 1. The van der Waals surface area contributed by atoms with Gasteiger partial charge in [-0.3, -0.25) is 19.7 Å². The third-order valence-electron chi connectivity index (χ3n) is 2.19. The topological polar surface area (TPSA) is 101 Å². The van der Waals surface area contributed by atoms with Gasteiger partial charge in [0.1, 0.15) is 0 Å². The van der Waals surface area contributed by atoms with Crippen LogP contribution in [0.15, 0.2) is 24.3 Å². The summed E-state index contributed by atoms with van der Waals surface area (Å²) in [7, 11) is 0. The molecule has 2 amide bonds. The minimum absolute atomic E-state index is 0.120. The van der Waals surface area contributed by atoms with Gasteiger partial charge >= 0.3 is 0 Å². The molecule has 96 valence electrons. The van der Waals surface area contributed by atoms with Gasteiger partial charge in [0.15, 0.2) is 0 Å². The third-order valence-corrected chi connectivity index (χ3v) is 2.19. The van der Waals surface area contributed by atoms with Crippen LogP contribution in [0, 0.1) is 10.1 Å². The van der Waals surface area contributed by atoms with Gasteiger partial charge in [-0.2, -0.15) is 0 Å². The Hall–Kier alpha value is -2.44. The standard InChI is InChI=1S/C11H13N3O4/c15-8-12-5-2-6-13-11(16)9-3-1-4-10(7-9)14(17)18/h1,3-4,7-8H,2,5-6H2,(H,12,15)(H,13,16). The number of nitrogens with zero attached hydrogens (tertiary/aromatic N) is 1. The van der Waals surface area contributed by atoms with Crippen LogP contribution in [0.25, 0.3) is 0 Å². The average Bonchev–Trinajstić information content (AvgIpc) is 2.38. The van der Waals surface area contributed by atoms with E-state index in [2.05, 4.69) is 10.6 Å². The third kappa shape index (κ3) is 4.20. The number of nitrogens with one attached hydrogen (secondary N) is 2. The molecule has 0 aromatic heterocycles. The first-order valence-electron chi connectivity index (χ1n) is 5.35.